The summed E-state index contributed by atoms with van der Waals surface area (Å²) in [6.45, 7) is 5.03. The first-order valence-corrected chi connectivity index (χ1v) is 6.13. The SMILES string of the molecule is COCC(C)C1CNCC2(CCCC2)O1. The minimum absolute atomic E-state index is 0.158. The van der Waals surface area contributed by atoms with Crippen LogP contribution < -0.4 is 5.32 Å². The van der Waals surface area contributed by atoms with Gasteiger partial charge in [0.2, 0.25) is 0 Å². The van der Waals surface area contributed by atoms with Gasteiger partial charge in [0.1, 0.15) is 0 Å². The number of ether oxygens (including phenoxy) is 2. The van der Waals surface area contributed by atoms with Crippen LogP contribution in [0.25, 0.3) is 0 Å². The first-order chi connectivity index (χ1) is 7.26. The lowest BCUT2D eigenvalue weighted by Crippen LogP contribution is -2.54. The lowest BCUT2D eigenvalue weighted by Gasteiger charge is -2.41. The largest absolute Gasteiger partial charge is 0.384 e. The highest BCUT2D eigenvalue weighted by molar-refractivity contribution is 4.93. The quantitative estimate of drug-likeness (QED) is 0.772. The van der Waals surface area contributed by atoms with E-state index in [-0.39, 0.29) is 5.60 Å². The number of hydrogen-bond acceptors (Lipinski definition) is 3. The normalized spacial score (nSPS) is 32.0. The van der Waals surface area contributed by atoms with Crippen molar-refractivity contribution >= 4 is 0 Å². The zero-order valence-electron chi connectivity index (χ0n) is 9.92. The molecule has 1 aliphatic heterocycles. The third-order valence-corrected chi connectivity index (χ3v) is 3.77. The molecule has 3 heteroatoms. The van der Waals surface area contributed by atoms with Crippen LogP contribution in [0.4, 0.5) is 0 Å². The highest BCUT2D eigenvalue weighted by atomic mass is 16.5. The minimum atomic E-state index is 0.158. The van der Waals surface area contributed by atoms with E-state index in [1.54, 1.807) is 7.11 Å². The molecule has 1 saturated carbocycles. The van der Waals surface area contributed by atoms with Crippen LogP contribution in [0.5, 0.6) is 0 Å². The third kappa shape index (κ3) is 2.52. The molecular weight excluding hydrogens is 190 g/mol. The second kappa shape index (κ2) is 4.81. The number of rotatable bonds is 3. The van der Waals surface area contributed by atoms with Crippen LogP contribution in [0.15, 0.2) is 0 Å². The highest BCUT2D eigenvalue weighted by Crippen LogP contribution is 2.36. The first kappa shape index (κ1) is 11.4. The van der Waals surface area contributed by atoms with Crippen LogP contribution in [0.2, 0.25) is 0 Å². The maximum absolute atomic E-state index is 6.31. The van der Waals surface area contributed by atoms with E-state index < -0.39 is 0 Å². The molecule has 2 fully saturated rings. The van der Waals surface area contributed by atoms with Gasteiger partial charge in [-0.3, -0.25) is 0 Å². The van der Waals surface area contributed by atoms with Gasteiger partial charge in [-0.1, -0.05) is 19.8 Å². The number of methoxy groups -OCH3 is 1. The summed E-state index contributed by atoms with van der Waals surface area (Å²) in [5.74, 6) is 0.486. The molecule has 1 N–H and O–H groups in total. The van der Waals surface area contributed by atoms with Crippen molar-refractivity contribution in [3.05, 3.63) is 0 Å². The van der Waals surface area contributed by atoms with Crippen molar-refractivity contribution < 1.29 is 9.47 Å². The summed E-state index contributed by atoms with van der Waals surface area (Å²) in [7, 11) is 1.76. The van der Waals surface area contributed by atoms with Crippen molar-refractivity contribution in [1.82, 2.24) is 5.32 Å². The van der Waals surface area contributed by atoms with Crippen molar-refractivity contribution in [2.24, 2.45) is 5.92 Å². The summed E-state index contributed by atoms with van der Waals surface area (Å²) < 4.78 is 11.5. The Labute approximate surface area is 92.5 Å². The zero-order chi connectivity index (χ0) is 10.7. The van der Waals surface area contributed by atoms with E-state index in [9.17, 15) is 0 Å². The summed E-state index contributed by atoms with van der Waals surface area (Å²) in [6.07, 6.45) is 5.45. The third-order valence-electron chi connectivity index (χ3n) is 3.77. The van der Waals surface area contributed by atoms with E-state index in [0.29, 0.717) is 12.0 Å². The second-order valence-corrected chi connectivity index (χ2v) is 5.11. The molecule has 2 atom stereocenters. The molecule has 2 unspecified atom stereocenters. The molecule has 1 heterocycles. The van der Waals surface area contributed by atoms with Crippen molar-refractivity contribution in [2.75, 3.05) is 26.8 Å². The van der Waals surface area contributed by atoms with Gasteiger partial charge in [0.05, 0.1) is 18.3 Å². The Morgan fingerprint density at radius 2 is 2.20 bits per heavy atom. The molecule has 1 aliphatic carbocycles. The maximum Gasteiger partial charge on any atom is 0.0810 e. The van der Waals surface area contributed by atoms with Crippen LogP contribution in [-0.4, -0.2) is 38.5 Å². The predicted molar refractivity (Wildman–Crippen MR) is 60.0 cm³/mol. The van der Waals surface area contributed by atoms with Gasteiger partial charge in [0.15, 0.2) is 0 Å². The Balaban J connectivity index is 1.91. The number of morpholine rings is 1. The average molecular weight is 213 g/mol. The fourth-order valence-corrected chi connectivity index (χ4v) is 2.85. The van der Waals surface area contributed by atoms with Crippen LogP contribution >= 0.6 is 0 Å². The molecule has 1 saturated heterocycles. The molecule has 2 rings (SSSR count). The van der Waals surface area contributed by atoms with E-state index in [2.05, 4.69) is 12.2 Å². The molecular formula is C12H23NO2. The molecule has 0 radical (unpaired) electrons. The van der Waals surface area contributed by atoms with Gasteiger partial charge in [-0.25, -0.2) is 0 Å². The number of hydrogen-bond donors (Lipinski definition) is 1. The fourth-order valence-electron chi connectivity index (χ4n) is 2.85. The molecule has 2 aliphatic rings. The average Bonchev–Trinajstić information content (AvgIpc) is 2.67. The Hall–Kier alpha value is -0.120. The summed E-state index contributed by atoms with van der Waals surface area (Å²) in [6, 6.07) is 0. The molecule has 3 nitrogen and oxygen atoms in total. The molecule has 0 aromatic heterocycles. The zero-order valence-corrected chi connectivity index (χ0v) is 9.92. The van der Waals surface area contributed by atoms with Crippen molar-refractivity contribution in [3.8, 4) is 0 Å². The van der Waals surface area contributed by atoms with Crippen molar-refractivity contribution in [1.29, 1.82) is 0 Å². The molecule has 0 aromatic carbocycles. The minimum Gasteiger partial charge on any atom is -0.384 e. The van der Waals surface area contributed by atoms with E-state index >= 15 is 0 Å². The Morgan fingerprint density at radius 1 is 1.47 bits per heavy atom. The topological polar surface area (TPSA) is 30.5 Å². The first-order valence-electron chi connectivity index (χ1n) is 6.13. The molecule has 0 bridgehead atoms. The Morgan fingerprint density at radius 3 is 2.87 bits per heavy atom. The highest BCUT2D eigenvalue weighted by Gasteiger charge is 2.40. The van der Waals surface area contributed by atoms with Crippen molar-refractivity contribution in [2.45, 2.75) is 44.3 Å². The molecule has 1 spiro atoms. The monoisotopic (exact) mass is 213 g/mol. The lowest BCUT2D eigenvalue weighted by atomic mass is 9.96. The summed E-state index contributed by atoms with van der Waals surface area (Å²) in [4.78, 5) is 0. The van der Waals surface area contributed by atoms with Crippen LogP contribution in [0.3, 0.4) is 0 Å². The van der Waals surface area contributed by atoms with Gasteiger partial charge in [-0.15, -0.1) is 0 Å². The van der Waals surface area contributed by atoms with E-state index in [1.165, 1.54) is 25.7 Å². The number of nitrogens with one attached hydrogen (secondary N) is 1. The van der Waals surface area contributed by atoms with Gasteiger partial charge in [-0.2, -0.15) is 0 Å². The molecule has 15 heavy (non-hydrogen) atoms. The van der Waals surface area contributed by atoms with Gasteiger partial charge >= 0.3 is 0 Å². The maximum atomic E-state index is 6.31. The lowest BCUT2D eigenvalue weighted by molar-refractivity contribution is -0.136. The van der Waals surface area contributed by atoms with Gasteiger partial charge in [0.25, 0.3) is 0 Å². The molecule has 88 valence electrons. The van der Waals surface area contributed by atoms with Crippen LogP contribution in [0, 0.1) is 5.92 Å². The summed E-state index contributed by atoms with van der Waals surface area (Å²) in [5, 5.41) is 3.53. The molecule has 0 amide bonds. The fraction of sp³-hybridized carbons (Fsp3) is 1.00. The Kier molecular flexibility index (Phi) is 3.65. The van der Waals surface area contributed by atoms with Crippen LogP contribution in [-0.2, 0) is 9.47 Å². The Bertz CT molecular complexity index is 202. The summed E-state index contributed by atoms with van der Waals surface area (Å²) >= 11 is 0. The van der Waals surface area contributed by atoms with Gasteiger partial charge in [0, 0.05) is 26.1 Å². The van der Waals surface area contributed by atoms with E-state index in [4.69, 9.17) is 9.47 Å². The summed E-state index contributed by atoms with van der Waals surface area (Å²) in [5.41, 5.74) is 0.158. The molecule has 0 aromatic rings. The van der Waals surface area contributed by atoms with E-state index in [0.717, 1.165) is 19.7 Å². The van der Waals surface area contributed by atoms with Crippen LogP contribution in [0.1, 0.15) is 32.6 Å². The smallest absolute Gasteiger partial charge is 0.0810 e. The standard InChI is InChI=1S/C12H23NO2/c1-10(8-14-2)11-7-13-9-12(15-11)5-3-4-6-12/h10-11,13H,3-9H2,1-2H3. The van der Waals surface area contributed by atoms with Crippen molar-refractivity contribution in [3.63, 3.8) is 0 Å². The van der Waals surface area contributed by atoms with Gasteiger partial charge in [-0.05, 0) is 12.8 Å². The van der Waals surface area contributed by atoms with Gasteiger partial charge < -0.3 is 14.8 Å². The predicted octanol–water partition coefficient (Wildman–Crippen LogP) is 1.57. The van der Waals surface area contributed by atoms with E-state index in [1.807, 2.05) is 0 Å². The second-order valence-electron chi connectivity index (χ2n) is 5.11.